The van der Waals surface area contributed by atoms with E-state index < -0.39 is 11.4 Å². The zero-order valence-electron chi connectivity index (χ0n) is 9.52. The maximum absolute atomic E-state index is 11.8. The Morgan fingerprint density at radius 2 is 1.87 bits per heavy atom. The van der Waals surface area contributed by atoms with Crippen molar-refractivity contribution in [1.29, 1.82) is 0 Å². The largest absolute Gasteiger partial charge is 0.591 e. The Bertz CT molecular complexity index is 343. The molecule has 0 aliphatic heterocycles. The third-order valence-corrected chi connectivity index (χ3v) is 3.33. The molecule has 1 unspecified atom stereocenters. The summed E-state index contributed by atoms with van der Waals surface area (Å²) >= 11 is -1.20. The number of rotatable bonds is 2. The Labute approximate surface area is 94.0 Å². The minimum atomic E-state index is -1.20. The first-order chi connectivity index (χ1) is 6.91. The molecule has 0 fully saturated rings. The Morgan fingerprint density at radius 1 is 1.33 bits per heavy atom. The van der Waals surface area contributed by atoms with Crippen molar-refractivity contribution < 1.29 is 4.55 Å². The molecule has 15 heavy (non-hydrogen) atoms. The van der Waals surface area contributed by atoms with Gasteiger partial charge in [0.05, 0.1) is 5.71 Å². The van der Waals surface area contributed by atoms with E-state index in [9.17, 15) is 4.55 Å². The Hall–Kier alpha value is -0.870. The highest BCUT2D eigenvalue weighted by Gasteiger charge is 2.26. The zero-order chi connectivity index (χ0) is 11.5. The molecule has 0 aromatic carbocycles. The fraction of sp³-hybridized carbons (Fsp3) is 0.455. The lowest BCUT2D eigenvalue weighted by molar-refractivity contribution is 0.561. The van der Waals surface area contributed by atoms with Crippen molar-refractivity contribution in [2.45, 2.75) is 32.4 Å². The summed E-state index contributed by atoms with van der Waals surface area (Å²) in [7, 11) is 0. The summed E-state index contributed by atoms with van der Waals surface area (Å²) in [4.78, 5) is 3.92. The van der Waals surface area contributed by atoms with Gasteiger partial charge in [-0.15, -0.1) is 0 Å². The van der Waals surface area contributed by atoms with E-state index >= 15 is 0 Å². The van der Waals surface area contributed by atoms with E-state index in [1.165, 1.54) is 0 Å². The van der Waals surface area contributed by atoms with Gasteiger partial charge in [0.1, 0.15) is 16.1 Å². The normalized spacial score (nSPS) is 15.1. The average Bonchev–Trinajstić information content (AvgIpc) is 2.17. The van der Waals surface area contributed by atoms with Crippen LogP contribution in [0.3, 0.4) is 0 Å². The quantitative estimate of drug-likeness (QED) is 0.572. The second-order valence-electron chi connectivity index (χ2n) is 4.27. The Kier molecular flexibility index (Phi) is 3.88. The van der Waals surface area contributed by atoms with E-state index in [1.54, 1.807) is 12.4 Å². The number of nitrogens with zero attached hydrogens (tertiary/aromatic N) is 2. The molecule has 4 heteroatoms. The Morgan fingerprint density at radius 3 is 2.33 bits per heavy atom. The van der Waals surface area contributed by atoms with Crippen LogP contribution in [0.25, 0.3) is 0 Å². The molecule has 1 atom stereocenters. The molecule has 0 aliphatic rings. The van der Waals surface area contributed by atoms with Gasteiger partial charge in [0.15, 0.2) is 0 Å². The first-order valence-corrected chi connectivity index (χ1v) is 5.89. The second kappa shape index (κ2) is 4.77. The molecule has 1 aromatic heterocycles. The fourth-order valence-corrected chi connectivity index (χ4v) is 1.54. The van der Waals surface area contributed by atoms with Crippen molar-refractivity contribution in [3.05, 3.63) is 30.1 Å². The van der Waals surface area contributed by atoms with Gasteiger partial charge in [0.2, 0.25) is 0 Å². The van der Waals surface area contributed by atoms with Crippen LogP contribution >= 0.6 is 0 Å². The van der Waals surface area contributed by atoms with Crippen LogP contribution in [0.1, 0.15) is 33.3 Å². The number of pyridine rings is 1. The molecule has 0 saturated carbocycles. The molecule has 0 N–H and O–H groups in total. The lowest BCUT2D eigenvalue weighted by Gasteiger charge is -2.18. The molecular formula is C11H16N2OS. The van der Waals surface area contributed by atoms with Crippen molar-refractivity contribution in [2.24, 2.45) is 4.40 Å². The molecule has 0 spiro atoms. The standard InChI is InChI=1S/C11H16N2OS/c1-9(10-5-7-12-8-6-10)13-15(14)11(2,3)4/h5-8H,1-4H3/b13-9+. The highest BCUT2D eigenvalue weighted by Crippen LogP contribution is 2.18. The van der Waals surface area contributed by atoms with Crippen LogP contribution in [0.2, 0.25) is 0 Å². The molecule has 0 amide bonds. The first-order valence-electron chi connectivity index (χ1n) is 4.79. The predicted octanol–water partition coefficient (Wildman–Crippen LogP) is 2.35. The summed E-state index contributed by atoms with van der Waals surface area (Å²) in [6.07, 6.45) is 3.41. The molecule has 1 heterocycles. The van der Waals surface area contributed by atoms with E-state index in [0.717, 1.165) is 11.3 Å². The van der Waals surface area contributed by atoms with Gasteiger partial charge in [-0.1, -0.05) is 4.40 Å². The molecular weight excluding hydrogens is 208 g/mol. The highest BCUT2D eigenvalue weighted by molar-refractivity contribution is 7.91. The van der Waals surface area contributed by atoms with E-state index in [4.69, 9.17) is 0 Å². The van der Waals surface area contributed by atoms with Crippen molar-refractivity contribution in [3.8, 4) is 0 Å². The smallest absolute Gasteiger partial charge is 0.144 e. The summed E-state index contributed by atoms with van der Waals surface area (Å²) in [5.74, 6) is 0. The SMILES string of the molecule is C/C(=N\[S+]([O-])C(C)(C)C)c1ccncc1. The summed E-state index contributed by atoms with van der Waals surface area (Å²) in [6.45, 7) is 7.59. The number of aromatic nitrogens is 1. The van der Waals surface area contributed by atoms with Gasteiger partial charge < -0.3 is 4.55 Å². The van der Waals surface area contributed by atoms with Gasteiger partial charge in [0, 0.05) is 18.0 Å². The fourth-order valence-electron chi connectivity index (χ4n) is 0.907. The first kappa shape index (κ1) is 12.2. The number of hydrogen-bond donors (Lipinski definition) is 0. The van der Waals surface area contributed by atoms with E-state index in [1.807, 2.05) is 39.8 Å². The van der Waals surface area contributed by atoms with Crippen molar-refractivity contribution >= 4 is 17.1 Å². The third kappa shape index (κ3) is 3.64. The van der Waals surface area contributed by atoms with Gasteiger partial charge in [-0.25, -0.2) is 0 Å². The topological polar surface area (TPSA) is 48.3 Å². The lowest BCUT2D eigenvalue weighted by atomic mass is 10.2. The van der Waals surface area contributed by atoms with Crippen molar-refractivity contribution in [3.63, 3.8) is 0 Å². The van der Waals surface area contributed by atoms with Crippen LogP contribution < -0.4 is 0 Å². The molecule has 1 aromatic rings. The molecule has 0 radical (unpaired) electrons. The van der Waals surface area contributed by atoms with Crippen LogP contribution in [0.5, 0.6) is 0 Å². The van der Waals surface area contributed by atoms with Crippen LogP contribution in [0, 0.1) is 0 Å². The van der Waals surface area contributed by atoms with Gasteiger partial charge in [-0.3, -0.25) is 4.98 Å². The molecule has 1 rings (SSSR count). The summed E-state index contributed by atoms with van der Waals surface area (Å²) in [6, 6.07) is 3.72. The molecule has 0 saturated heterocycles. The molecule has 0 aliphatic carbocycles. The summed E-state index contributed by atoms with van der Waals surface area (Å²) < 4.78 is 15.6. The van der Waals surface area contributed by atoms with Crippen LogP contribution in [0.4, 0.5) is 0 Å². The average molecular weight is 224 g/mol. The van der Waals surface area contributed by atoms with E-state index in [0.29, 0.717) is 0 Å². The van der Waals surface area contributed by atoms with Crippen LogP contribution in [0.15, 0.2) is 28.9 Å². The summed E-state index contributed by atoms with van der Waals surface area (Å²) in [5.41, 5.74) is 1.74. The zero-order valence-corrected chi connectivity index (χ0v) is 10.3. The highest BCUT2D eigenvalue weighted by atomic mass is 32.2. The minimum Gasteiger partial charge on any atom is -0.591 e. The van der Waals surface area contributed by atoms with Gasteiger partial charge >= 0.3 is 0 Å². The number of hydrogen-bond acceptors (Lipinski definition) is 3. The van der Waals surface area contributed by atoms with Crippen molar-refractivity contribution in [2.75, 3.05) is 0 Å². The van der Waals surface area contributed by atoms with Crippen LogP contribution in [-0.4, -0.2) is 20.0 Å². The second-order valence-corrected chi connectivity index (χ2v) is 6.18. The summed E-state index contributed by atoms with van der Waals surface area (Å²) in [5, 5.41) is 0. The van der Waals surface area contributed by atoms with Gasteiger partial charge in [-0.05, 0) is 39.8 Å². The Balaban J connectivity index is 2.86. The molecule has 3 nitrogen and oxygen atoms in total. The van der Waals surface area contributed by atoms with Crippen LogP contribution in [-0.2, 0) is 11.4 Å². The van der Waals surface area contributed by atoms with Crippen molar-refractivity contribution in [1.82, 2.24) is 4.98 Å². The predicted molar refractivity (Wildman–Crippen MR) is 64.3 cm³/mol. The lowest BCUT2D eigenvalue weighted by Crippen LogP contribution is -2.26. The minimum absolute atomic E-state index is 0.311. The van der Waals surface area contributed by atoms with Gasteiger partial charge in [0.25, 0.3) is 0 Å². The van der Waals surface area contributed by atoms with E-state index in [2.05, 4.69) is 9.38 Å². The maximum atomic E-state index is 11.8. The molecule has 82 valence electrons. The maximum Gasteiger partial charge on any atom is 0.144 e. The van der Waals surface area contributed by atoms with Gasteiger partial charge in [-0.2, -0.15) is 0 Å². The third-order valence-electron chi connectivity index (χ3n) is 1.84. The molecule has 0 bridgehead atoms. The van der Waals surface area contributed by atoms with E-state index in [-0.39, 0.29) is 4.75 Å². The monoisotopic (exact) mass is 224 g/mol.